The quantitative estimate of drug-likeness (QED) is 0.572. The summed E-state index contributed by atoms with van der Waals surface area (Å²) in [6.07, 6.45) is 0. The third kappa shape index (κ3) is 1.74. The van der Waals surface area contributed by atoms with E-state index in [1.807, 2.05) is 30.3 Å². The summed E-state index contributed by atoms with van der Waals surface area (Å²) in [5.74, 6) is 1.67. The van der Waals surface area contributed by atoms with Crippen LogP contribution in [0.2, 0.25) is 0 Å². The fourth-order valence-electron chi connectivity index (χ4n) is 1.89. The molecule has 1 heterocycles. The van der Waals surface area contributed by atoms with E-state index in [9.17, 15) is 4.79 Å². The minimum atomic E-state index is -0.189. The molecule has 1 aliphatic rings. The molecular formula is C13H10O3S. The highest BCUT2D eigenvalue weighted by Crippen LogP contribution is 2.40. The van der Waals surface area contributed by atoms with Gasteiger partial charge in [0.05, 0.1) is 17.8 Å². The lowest BCUT2D eigenvalue weighted by atomic mass is 10.1. The predicted molar refractivity (Wildman–Crippen MR) is 66.9 cm³/mol. The molecular weight excluding hydrogens is 236 g/mol. The maximum absolute atomic E-state index is 11.3. The topological polar surface area (TPSA) is 35.5 Å². The fraction of sp³-hybridized carbons (Fsp3) is 0.154. The molecule has 0 atom stereocenters. The maximum atomic E-state index is 11.3. The van der Waals surface area contributed by atoms with Gasteiger partial charge in [0, 0.05) is 5.39 Å². The standard InChI is InChI=1S/C13H10O3S/c1-15-9-3-4-10-8(6-9)2-5-11-13(10)16-12(14)7-17-11/h2-6H,7H2,1H3. The molecule has 0 unspecified atom stereocenters. The van der Waals surface area contributed by atoms with Gasteiger partial charge in [-0.3, -0.25) is 4.79 Å². The highest BCUT2D eigenvalue weighted by Gasteiger charge is 2.20. The Bertz CT molecular complexity index is 607. The van der Waals surface area contributed by atoms with E-state index in [-0.39, 0.29) is 5.97 Å². The van der Waals surface area contributed by atoms with Gasteiger partial charge in [0.25, 0.3) is 0 Å². The molecule has 2 aromatic rings. The second-order valence-corrected chi connectivity index (χ2v) is 4.76. The molecule has 2 aromatic carbocycles. The molecule has 1 aliphatic heterocycles. The van der Waals surface area contributed by atoms with Gasteiger partial charge < -0.3 is 9.47 Å². The lowest BCUT2D eigenvalue weighted by molar-refractivity contribution is -0.131. The van der Waals surface area contributed by atoms with E-state index in [4.69, 9.17) is 9.47 Å². The van der Waals surface area contributed by atoms with Crippen molar-refractivity contribution in [2.24, 2.45) is 0 Å². The number of fused-ring (bicyclic) bond motifs is 3. The van der Waals surface area contributed by atoms with Crippen molar-refractivity contribution >= 4 is 28.5 Å². The highest BCUT2D eigenvalue weighted by atomic mass is 32.2. The zero-order chi connectivity index (χ0) is 11.8. The number of rotatable bonds is 1. The van der Waals surface area contributed by atoms with Crippen LogP contribution in [0.5, 0.6) is 11.5 Å². The first kappa shape index (κ1) is 10.5. The van der Waals surface area contributed by atoms with Crippen LogP contribution in [0.25, 0.3) is 10.8 Å². The Labute approximate surface area is 103 Å². The van der Waals surface area contributed by atoms with Crippen molar-refractivity contribution in [1.29, 1.82) is 0 Å². The van der Waals surface area contributed by atoms with E-state index >= 15 is 0 Å². The maximum Gasteiger partial charge on any atom is 0.321 e. The minimum absolute atomic E-state index is 0.189. The Morgan fingerprint density at radius 2 is 2.18 bits per heavy atom. The Balaban J connectivity index is 2.23. The van der Waals surface area contributed by atoms with Gasteiger partial charge >= 0.3 is 5.97 Å². The van der Waals surface area contributed by atoms with Crippen LogP contribution in [0, 0.1) is 0 Å². The number of hydrogen-bond donors (Lipinski definition) is 0. The van der Waals surface area contributed by atoms with Crippen LogP contribution in [0.1, 0.15) is 0 Å². The Kier molecular flexibility index (Phi) is 2.44. The molecule has 4 heteroatoms. The number of benzene rings is 2. The molecule has 0 fully saturated rings. The molecule has 86 valence electrons. The second kappa shape index (κ2) is 3.96. The molecule has 0 N–H and O–H groups in total. The molecule has 17 heavy (non-hydrogen) atoms. The van der Waals surface area contributed by atoms with E-state index in [1.54, 1.807) is 7.11 Å². The zero-order valence-electron chi connectivity index (χ0n) is 9.23. The summed E-state index contributed by atoms with van der Waals surface area (Å²) in [4.78, 5) is 12.3. The molecule has 0 aliphatic carbocycles. The van der Waals surface area contributed by atoms with Gasteiger partial charge in [-0.15, -0.1) is 11.8 Å². The summed E-state index contributed by atoms with van der Waals surface area (Å²) < 4.78 is 10.5. The average molecular weight is 246 g/mol. The zero-order valence-corrected chi connectivity index (χ0v) is 10.0. The molecule has 0 radical (unpaired) electrons. The second-order valence-electron chi connectivity index (χ2n) is 3.74. The lowest BCUT2D eigenvalue weighted by Crippen LogP contribution is -2.15. The minimum Gasteiger partial charge on any atom is -0.497 e. The summed E-state index contributed by atoms with van der Waals surface area (Å²) in [5.41, 5.74) is 0. The average Bonchev–Trinajstić information content (AvgIpc) is 2.37. The number of thioether (sulfide) groups is 1. The predicted octanol–water partition coefficient (Wildman–Crippen LogP) is 2.86. The molecule has 0 spiro atoms. The SMILES string of the molecule is COc1ccc2c3c(ccc2c1)SCC(=O)O3. The van der Waals surface area contributed by atoms with Gasteiger partial charge in [-0.25, -0.2) is 0 Å². The largest absolute Gasteiger partial charge is 0.497 e. The van der Waals surface area contributed by atoms with Crippen LogP contribution in [0.15, 0.2) is 35.2 Å². The fourth-order valence-corrected chi connectivity index (χ4v) is 2.66. The first-order valence-corrected chi connectivity index (χ1v) is 6.21. The van der Waals surface area contributed by atoms with Crippen LogP contribution >= 0.6 is 11.8 Å². The van der Waals surface area contributed by atoms with Crippen LogP contribution in [-0.4, -0.2) is 18.8 Å². The van der Waals surface area contributed by atoms with Gasteiger partial charge in [-0.1, -0.05) is 6.07 Å². The lowest BCUT2D eigenvalue weighted by Gasteiger charge is -2.17. The number of methoxy groups -OCH3 is 1. The third-order valence-electron chi connectivity index (χ3n) is 2.70. The molecule has 0 aromatic heterocycles. The van der Waals surface area contributed by atoms with Crippen molar-refractivity contribution in [2.45, 2.75) is 4.90 Å². The Morgan fingerprint density at radius 3 is 3.00 bits per heavy atom. The van der Waals surface area contributed by atoms with Crippen molar-refractivity contribution in [2.75, 3.05) is 12.9 Å². The number of hydrogen-bond acceptors (Lipinski definition) is 4. The van der Waals surface area contributed by atoms with Crippen LogP contribution in [-0.2, 0) is 4.79 Å². The van der Waals surface area contributed by atoms with E-state index in [1.165, 1.54) is 11.8 Å². The van der Waals surface area contributed by atoms with Crippen molar-refractivity contribution in [1.82, 2.24) is 0 Å². The number of carbonyl (C=O) groups is 1. The Hall–Kier alpha value is -1.68. The van der Waals surface area contributed by atoms with Crippen molar-refractivity contribution < 1.29 is 14.3 Å². The monoisotopic (exact) mass is 246 g/mol. The summed E-state index contributed by atoms with van der Waals surface area (Å²) in [5, 5.41) is 1.96. The van der Waals surface area contributed by atoms with E-state index < -0.39 is 0 Å². The normalized spacial score (nSPS) is 14.3. The van der Waals surface area contributed by atoms with Gasteiger partial charge in [0.2, 0.25) is 0 Å². The number of esters is 1. The summed E-state index contributed by atoms with van der Waals surface area (Å²) in [7, 11) is 1.63. The summed E-state index contributed by atoms with van der Waals surface area (Å²) in [6.45, 7) is 0. The molecule has 3 rings (SSSR count). The first-order valence-electron chi connectivity index (χ1n) is 5.22. The van der Waals surface area contributed by atoms with E-state index in [0.29, 0.717) is 11.5 Å². The van der Waals surface area contributed by atoms with Gasteiger partial charge in [-0.2, -0.15) is 0 Å². The van der Waals surface area contributed by atoms with Crippen LogP contribution in [0.4, 0.5) is 0 Å². The molecule has 3 nitrogen and oxygen atoms in total. The molecule has 0 saturated carbocycles. The van der Waals surface area contributed by atoms with Crippen molar-refractivity contribution in [3.8, 4) is 11.5 Å². The number of ether oxygens (including phenoxy) is 2. The van der Waals surface area contributed by atoms with Crippen molar-refractivity contribution in [3.05, 3.63) is 30.3 Å². The summed E-state index contributed by atoms with van der Waals surface area (Å²) in [6, 6.07) is 9.72. The van der Waals surface area contributed by atoms with Gasteiger partial charge in [0.15, 0.2) is 5.75 Å². The van der Waals surface area contributed by atoms with Crippen molar-refractivity contribution in [3.63, 3.8) is 0 Å². The first-order chi connectivity index (χ1) is 8.28. The molecule has 0 saturated heterocycles. The smallest absolute Gasteiger partial charge is 0.321 e. The highest BCUT2D eigenvalue weighted by molar-refractivity contribution is 8.00. The Morgan fingerprint density at radius 1 is 1.29 bits per heavy atom. The van der Waals surface area contributed by atoms with Crippen LogP contribution < -0.4 is 9.47 Å². The van der Waals surface area contributed by atoms with Crippen LogP contribution in [0.3, 0.4) is 0 Å². The van der Waals surface area contributed by atoms with E-state index in [0.717, 1.165) is 21.4 Å². The van der Waals surface area contributed by atoms with Gasteiger partial charge in [-0.05, 0) is 29.7 Å². The van der Waals surface area contributed by atoms with Gasteiger partial charge in [0.1, 0.15) is 5.75 Å². The summed E-state index contributed by atoms with van der Waals surface area (Å²) >= 11 is 1.52. The third-order valence-corrected chi connectivity index (χ3v) is 3.72. The molecule has 0 bridgehead atoms. The number of carbonyl (C=O) groups excluding carboxylic acids is 1. The van der Waals surface area contributed by atoms with E-state index in [2.05, 4.69) is 0 Å². The molecule has 0 amide bonds.